The summed E-state index contributed by atoms with van der Waals surface area (Å²) in [4.78, 5) is 13.9. The Labute approximate surface area is 142 Å². The minimum absolute atomic E-state index is 0.118. The van der Waals surface area contributed by atoms with Crippen LogP contribution in [-0.2, 0) is 4.74 Å². The first-order chi connectivity index (χ1) is 11.2. The fourth-order valence-corrected chi connectivity index (χ4v) is 3.36. The first-order valence-corrected chi connectivity index (χ1v) is 8.35. The number of likely N-dealkylation sites (tertiary alicyclic amines) is 1. The molecule has 2 heterocycles. The number of fused-ring (bicyclic) bond motifs is 1. The van der Waals surface area contributed by atoms with Gasteiger partial charge >= 0.3 is 6.09 Å². The number of aliphatic hydroxyl groups is 1. The first-order valence-electron chi connectivity index (χ1n) is 8.35. The summed E-state index contributed by atoms with van der Waals surface area (Å²) >= 11 is 0. The van der Waals surface area contributed by atoms with Crippen LogP contribution in [0.2, 0.25) is 0 Å². The highest BCUT2D eigenvalue weighted by Gasteiger charge is 2.44. The molecule has 3 rings (SSSR count). The molecule has 1 amide bonds. The summed E-state index contributed by atoms with van der Waals surface area (Å²) in [5, 5.41) is 20.0. The molecule has 132 valence electrons. The molecule has 1 aromatic carbocycles. The maximum absolute atomic E-state index is 12.2. The molecule has 2 N–H and O–H groups in total. The molecule has 1 fully saturated rings. The molecule has 2 aliphatic rings. The molecule has 0 aliphatic carbocycles. The Kier molecular flexibility index (Phi) is 4.11. The topological polar surface area (TPSA) is 79.2 Å². The number of piperidine rings is 1. The molecular weight excluding hydrogens is 310 g/mol. The summed E-state index contributed by atoms with van der Waals surface area (Å²) in [6, 6.07) is 4.79. The fraction of sp³-hybridized carbons (Fsp3) is 0.611. The van der Waals surface area contributed by atoms with Gasteiger partial charge in [-0.2, -0.15) is 0 Å². The number of phenolic OH excluding ortho intramolecular Hbond substituents is 1. The van der Waals surface area contributed by atoms with E-state index in [1.807, 2.05) is 20.8 Å². The molecule has 6 heteroatoms. The SMILES string of the molecule is CC(C)(C)OC(=O)N1CCC2(CC1)C[C@H](O)c1cc(O)ccc1O2. The van der Waals surface area contributed by atoms with Crippen molar-refractivity contribution < 1.29 is 24.5 Å². The van der Waals surface area contributed by atoms with Crippen molar-refractivity contribution in [3.05, 3.63) is 23.8 Å². The van der Waals surface area contributed by atoms with E-state index in [1.54, 1.807) is 23.1 Å². The van der Waals surface area contributed by atoms with Crippen LogP contribution in [0.5, 0.6) is 11.5 Å². The molecule has 0 saturated carbocycles. The van der Waals surface area contributed by atoms with Crippen LogP contribution in [0.15, 0.2) is 18.2 Å². The lowest BCUT2D eigenvalue weighted by Crippen LogP contribution is -2.52. The van der Waals surface area contributed by atoms with Gasteiger partial charge in [0.25, 0.3) is 0 Å². The Morgan fingerprint density at radius 3 is 2.62 bits per heavy atom. The van der Waals surface area contributed by atoms with Crippen LogP contribution in [0.25, 0.3) is 0 Å². The minimum Gasteiger partial charge on any atom is -0.508 e. The molecule has 1 aromatic rings. The number of amides is 1. The van der Waals surface area contributed by atoms with E-state index < -0.39 is 17.3 Å². The van der Waals surface area contributed by atoms with Gasteiger partial charge in [0.15, 0.2) is 0 Å². The lowest BCUT2D eigenvalue weighted by Gasteiger charge is -2.45. The van der Waals surface area contributed by atoms with Crippen LogP contribution in [0, 0.1) is 0 Å². The first kappa shape index (κ1) is 16.9. The van der Waals surface area contributed by atoms with Crippen molar-refractivity contribution in [3.8, 4) is 11.5 Å². The van der Waals surface area contributed by atoms with E-state index in [0.717, 1.165) is 0 Å². The Hall–Kier alpha value is -1.95. The van der Waals surface area contributed by atoms with E-state index in [9.17, 15) is 15.0 Å². The van der Waals surface area contributed by atoms with Gasteiger partial charge in [0.1, 0.15) is 22.7 Å². The predicted molar refractivity (Wildman–Crippen MR) is 88.1 cm³/mol. The van der Waals surface area contributed by atoms with Crippen molar-refractivity contribution in [2.45, 2.75) is 57.3 Å². The van der Waals surface area contributed by atoms with Crippen molar-refractivity contribution >= 4 is 6.09 Å². The molecule has 1 saturated heterocycles. The number of ether oxygens (including phenoxy) is 2. The number of aromatic hydroxyl groups is 1. The Morgan fingerprint density at radius 1 is 1.33 bits per heavy atom. The zero-order valence-electron chi connectivity index (χ0n) is 14.4. The number of hydrogen-bond donors (Lipinski definition) is 2. The molecular formula is C18H25NO5. The molecule has 2 aliphatic heterocycles. The quantitative estimate of drug-likeness (QED) is 0.762. The van der Waals surface area contributed by atoms with E-state index in [2.05, 4.69) is 0 Å². The number of phenols is 1. The van der Waals surface area contributed by atoms with Crippen LogP contribution in [0.1, 0.15) is 51.7 Å². The van der Waals surface area contributed by atoms with Gasteiger partial charge in [-0.05, 0) is 39.0 Å². The van der Waals surface area contributed by atoms with E-state index in [4.69, 9.17) is 9.47 Å². The van der Waals surface area contributed by atoms with Crippen LogP contribution in [-0.4, -0.2) is 45.5 Å². The van der Waals surface area contributed by atoms with E-state index in [1.165, 1.54) is 0 Å². The second-order valence-corrected chi connectivity index (χ2v) is 7.69. The third kappa shape index (κ3) is 3.43. The zero-order chi connectivity index (χ0) is 17.5. The largest absolute Gasteiger partial charge is 0.508 e. The van der Waals surface area contributed by atoms with Gasteiger partial charge in [-0.15, -0.1) is 0 Å². The van der Waals surface area contributed by atoms with Crippen molar-refractivity contribution in [2.24, 2.45) is 0 Å². The fourth-order valence-electron chi connectivity index (χ4n) is 3.36. The average Bonchev–Trinajstić information content (AvgIpc) is 2.47. The summed E-state index contributed by atoms with van der Waals surface area (Å²) in [5.74, 6) is 0.726. The standard InChI is InChI=1S/C18H25NO5/c1-17(2,3)24-16(22)19-8-6-18(7-9-19)11-14(21)13-10-12(20)4-5-15(13)23-18/h4-5,10,14,20-21H,6-9,11H2,1-3H3/t14-/m0/s1. The van der Waals surface area contributed by atoms with Gasteiger partial charge in [0.2, 0.25) is 0 Å². The number of benzene rings is 1. The second kappa shape index (κ2) is 5.84. The molecule has 0 bridgehead atoms. The average molecular weight is 335 g/mol. The molecule has 6 nitrogen and oxygen atoms in total. The van der Waals surface area contributed by atoms with Crippen LogP contribution >= 0.6 is 0 Å². The summed E-state index contributed by atoms with van der Waals surface area (Å²) in [7, 11) is 0. The van der Waals surface area contributed by atoms with Crippen LogP contribution < -0.4 is 4.74 Å². The molecule has 0 radical (unpaired) electrons. The smallest absolute Gasteiger partial charge is 0.410 e. The molecule has 24 heavy (non-hydrogen) atoms. The molecule has 0 unspecified atom stereocenters. The van der Waals surface area contributed by atoms with Crippen LogP contribution in [0.4, 0.5) is 4.79 Å². The maximum atomic E-state index is 12.2. The highest BCUT2D eigenvalue weighted by Crippen LogP contribution is 2.45. The van der Waals surface area contributed by atoms with Crippen LogP contribution in [0.3, 0.4) is 0 Å². The Balaban J connectivity index is 1.68. The number of nitrogens with zero attached hydrogens (tertiary/aromatic N) is 1. The van der Waals surface area contributed by atoms with Gasteiger partial charge < -0.3 is 24.6 Å². The number of carbonyl (C=O) groups excluding carboxylic acids is 1. The van der Waals surface area contributed by atoms with E-state index in [0.29, 0.717) is 43.7 Å². The van der Waals surface area contributed by atoms with Crippen molar-refractivity contribution in [1.29, 1.82) is 0 Å². The molecule has 1 atom stereocenters. The van der Waals surface area contributed by atoms with Gasteiger partial charge in [-0.1, -0.05) is 0 Å². The third-order valence-corrected chi connectivity index (χ3v) is 4.57. The van der Waals surface area contributed by atoms with Gasteiger partial charge in [-0.25, -0.2) is 4.79 Å². The molecule has 0 aromatic heterocycles. The lowest BCUT2D eigenvalue weighted by molar-refractivity contribution is -0.0570. The van der Waals surface area contributed by atoms with Gasteiger partial charge in [-0.3, -0.25) is 0 Å². The number of carbonyl (C=O) groups is 1. The number of hydrogen-bond acceptors (Lipinski definition) is 5. The summed E-state index contributed by atoms with van der Waals surface area (Å²) in [6.07, 6.45) is 0.770. The lowest BCUT2D eigenvalue weighted by atomic mass is 9.81. The number of rotatable bonds is 0. The van der Waals surface area contributed by atoms with E-state index >= 15 is 0 Å². The van der Waals surface area contributed by atoms with Crippen molar-refractivity contribution in [2.75, 3.05) is 13.1 Å². The van der Waals surface area contributed by atoms with Crippen molar-refractivity contribution in [1.82, 2.24) is 4.90 Å². The summed E-state index contributed by atoms with van der Waals surface area (Å²) in [6.45, 7) is 6.62. The normalized spacial score (nSPS) is 22.7. The third-order valence-electron chi connectivity index (χ3n) is 4.57. The Morgan fingerprint density at radius 2 is 2.00 bits per heavy atom. The Bertz CT molecular complexity index is 629. The monoisotopic (exact) mass is 335 g/mol. The molecule has 1 spiro atoms. The zero-order valence-corrected chi connectivity index (χ0v) is 14.4. The summed E-state index contributed by atoms with van der Waals surface area (Å²) < 4.78 is 11.6. The highest BCUT2D eigenvalue weighted by atomic mass is 16.6. The van der Waals surface area contributed by atoms with Gasteiger partial charge in [0.05, 0.1) is 6.10 Å². The van der Waals surface area contributed by atoms with Gasteiger partial charge in [0, 0.05) is 37.9 Å². The number of aliphatic hydroxyl groups excluding tert-OH is 1. The van der Waals surface area contributed by atoms with E-state index in [-0.39, 0.29) is 11.8 Å². The predicted octanol–water partition coefficient (Wildman–Crippen LogP) is 2.98. The summed E-state index contributed by atoms with van der Waals surface area (Å²) in [5.41, 5.74) is -0.359. The minimum atomic E-state index is -0.672. The maximum Gasteiger partial charge on any atom is 0.410 e. The highest BCUT2D eigenvalue weighted by molar-refractivity contribution is 5.68. The second-order valence-electron chi connectivity index (χ2n) is 7.69. The van der Waals surface area contributed by atoms with Crippen molar-refractivity contribution in [3.63, 3.8) is 0 Å².